The van der Waals surface area contributed by atoms with E-state index in [2.05, 4.69) is 15.9 Å². The van der Waals surface area contributed by atoms with Gasteiger partial charge in [-0.3, -0.25) is 4.79 Å². The van der Waals surface area contributed by atoms with Crippen molar-refractivity contribution < 1.29 is 9.18 Å². The topological polar surface area (TPSA) is 46.3 Å². The van der Waals surface area contributed by atoms with Crippen LogP contribution in [-0.4, -0.2) is 28.9 Å². The first kappa shape index (κ1) is 15.0. The first-order valence-electron chi connectivity index (χ1n) is 5.48. The van der Waals surface area contributed by atoms with Gasteiger partial charge in [-0.05, 0) is 40.5 Å². The summed E-state index contributed by atoms with van der Waals surface area (Å²) in [5.74, 6) is -0.733. The van der Waals surface area contributed by atoms with E-state index in [1.165, 1.54) is 17.0 Å². The summed E-state index contributed by atoms with van der Waals surface area (Å²) in [4.78, 5) is 13.9. The highest BCUT2D eigenvalue weighted by Crippen LogP contribution is 2.17. The van der Waals surface area contributed by atoms with Gasteiger partial charge in [0.2, 0.25) is 0 Å². The number of rotatable bonds is 5. The van der Waals surface area contributed by atoms with Crippen molar-refractivity contribution in [2.24, 2.45) is 5.73 Å². The lowest BCUT2D eigenvalue weighted by Gasteiger charge is -2.21. The second-order valence-electron chi connectivity index (χ2n) is 3.82. The van der Waals surface area contributed by atoms with Crippen molar-refractivity contribution in [2.75, 3.05) is 13.1 Å². The number of thiocarbonyl (C=S) groups is 1. The van der Waals surface area contributed by atoms with Crippen molar-refractivity contribution in [1.29, 1.82) is 0 Å². The van der Waals surface area contributed by atoms with Crippen LogP contribution in [0.25, 0.3) is 0 Å². The minimum absolute atomic E-state index is 0.208. The second-order valence-corrected chi connectivity index (χ2v) is 5.20. The molecule has 0 bridgehead atoms. The molecule has 0 radical (unpaired) electrons. The fourth-order valence-corrected chi connectivity index (χ4v) is 1.92. The molecule has 98 valence electrons. The van der Waals surface area contributed by atoms with E-state index in [-0.39, 0.29) is 17.4 Å². The third-order valence-electron chi connectivity index (χ3n) is 2.29. The number of halogens is 2. The Kier molecular flexibility index (Phi) is 5.68. The first-order valence-corrected chi connectivity index (χ1v) is 6.68. The summed E-state index contributed by atoms with van der Waals surface area (Å²) in [6.45, 7) is 2.69. The van der Waals surface area contributed by atoms with Crippen molar-refractivity contribution in [3.8, 4) is 0 Å². The largest absolute Gasteiger partial charge is 0.392 e. The number of amides is 1. The van der Waals surface area contributed by atoms with Gasteiger partial charge in [0, 0.05) is 12.1 Å². The Labute approximate surface area is 119 Å². The fourth-order valence-electron chi connectivity index (χ4n) is 1.52. The van der Waals surface area contributed by atoms with E-state index in [9.17, 15) is 9.18 Å². The van der Waals surface area contributed by atoms with E-state index in [1.807, 2.05) is 6.92 Å². The highest BCUT2D eigenvalue weighted by atomic mass is 79.9. The smallest absolute Gasteiger partial charge is 0.254 e. The van der Waals surface area contributed by atoms with E-state index >= 15 is 0 Å². The predicted octanol–water partition coefficient (Wildman–Crippen LogP) is 2.73. The van der Waals surface area contributed by atoms with Gasteiger partial charge in [0.05, 0.1) is 16.0 Å². The van der Waals surface area contributed by atoms with Crippen LogP contribution in [0, 0.1) is 5.82 Å². The molecule has 1 amide bonds. The standard InChI is InChI=1S/C12H14BrFN2OS/c1-2-5-16(7-11(15)18)12(17)8-3-4-9(13)10(14)6-8/h3-4,6H,2,5,7H2,1H3,(H2,15,18). The number of benzene rings is 1. The average molecular weight is 333 g/mol. The number of nitrogens with zero attached hydrogens (tertiary/aromatic N) is 1. The Morgan fingerprint density at radius 3 is 2.72 bits per heavy atom. The van der Waals surface area contributed by atoms with Gasteiger partial charge in [-0.25, -0.2) is 4.39 Å². The Bertz CT molecular complexity index is 467. The highest BCUT2D eigenvalue weighted by molar-refractivity contribution is 9.10. The minimum atomic E-state index is -0.465. The summed E-state index contributed by atoms with van der Waals surface area (Å²) < 4.78 is 13.7. The molecule has 18 heavy (non-hydrogen) atoms. The molecule has 0 aliphatic rings. The van der Waals surface area contributed by atoms with Gasteiger partial charge in [-0.1, -0.05) is 19.1 Å². The van der Waals surface area contributed by atoms with Crippen LogP contribution in [0.15, 0.2) is 22.7 Å². The van der Waals surface area contributed by atoms with E-state index in [0.717, 1.165) is 6.42 Å². The molecule has 2 N–H and O–H groups in total. The number of hydrogen-bond acceptors (Lipinski definition) is 2. The predicted molar refractivity (Wildman–Crippen MR) is 77.1 cm³/mol. The summed E-state index contributed by atoms with van der Waals surface area (Å²) in [5.41, 5.74) is 5.74. The zero-order valence-electron chi connectivity index (χ0n) is 9.95. The van der Waals surface area contributed by atoms with Crippen molar-refractivity contribution in [3.05, 3.63) is 34.1 Å². The SMILES string of the molecule is CCCN(CC(N)=S)C(=O)c1ccc(Br)c(F)c1. The molecule has 0 saturated carbocycles. The molecule has 0 atom stereocenters. The molecule has 0 aromatic heterocycles. The van der Waals surface area contributed by atoms with Crippen LogP contribution >= 0.6 is 28.1 Å². The van der Waals surface area contributed by atoms with E-state index in [4.69, 9.17) is 18.0 Å². The molecule has 6 heteroatoms. The lowest BCUT2D eigenvalue weighted by molar-refractivity contribution is 0.0779. The summed E-state index contributed by atoms with van der Waals surface area (Å²) in [6, 6.07) is 4.28. The van der Waals surface area contributed by atoms with E-state index in [0.29, 0.717) is 16.6 Å². The van der Waals surface area contributed by atoms with Crippen LogP contribution < -0.4 is 5.73 Å². The molecule has 0 aliphatic heterocycles. The van der Waals surface area contributed by atoms with Crippen LogP contribution in [-0.2, 0) is 0 Å². The molecular formula is C12H14BrFN2OS. The minimum Gasteiger partial charge on any atom is -0.392 e. The molecule has 0 spiro atoms. The highest BCUT2D eigenvalue weighted by Gasteiger charge is 2.16. The van der Waals surface area contributed by atoms with Gasteiger partial charge >= 0.3 is 0 Å². The molecule has 3 nitrogen and oxygen atoms in total. The van der Waals surface area contributed by atoms with Crippen LogP contribution in [0.2, 0.25) is 0 Å². The maximum Gasteiger partial charge on any atom is 0.254 e. The molecule has 0 heterocycles. The van der Waals surface area contributed by atoms with Crippen LogP contribution in [0.3, 0.4) is 0 Å². The van der Waals surface area contributed by atoms with Crippen molar-refractivity contribution in [1.82, 2.24) is 4.90 Å². The van der Waals surface area contributed by atoms with Gasteiger partial charge < -0.3 is 10.6 Å². The summed E-state index contributed by atoms with van der Waals surface area (Å²) in [5, 5.41) is 0. The second kappa shape index (κ2) is 6.80. The molecule has 0 aliphatic carbocycles. The van der Waals surface area contributed by atoms with Crippen molar-refractivity contribution >= 4 is 39.0 Å². The third kappa shape index (κ3) is 4.03. The van der Waals surface area contributed by atoms with Gasteiger partial charge in [-0.2, -0.15) is 0 Å². The zero-order valence-corrected chi connectivity index (χ0v) is 12.4. The molecule has 0 unspecified atom stereocenters. The summed E-state index contributed by atoms with van der Waals surface area (Å²) in [7, 11) is 0. The molecule has 0 saturated heterocycles. The van der Waals surface area contributed by atoms with Gasteiger partial charge in [-0.15, -0.1) is 0 Å². The van der Waals surface area contributed by atoms with Crippen LogP contribution in [0.4, 0.5) is 4.39 Å². The molecule has 1 rings (SSSR count). The van der Waals surface area contributed by atoms with Crippen LogP contribution in [0.5, 0.6) is 0 Å². The number of hydrogen-bond donors (Lipinski definition) is 1. The normalized spacial score (nSPS) is 10.2. The van der Waals surface area contributed by atoms with Crippen molar-refractivity contribution in [3.63, 3.8) is 0 Å². The quantitative estimate of drug-likeness (QED) is 0.843. The Morgan fingerprint density at radius 1 is 1.56 bits per heavy atom. The lowest BCUT2D eigenvalue weighted by atomic mass is 10.2. The number of carbonyl (C=O) groups excluding carboxylic acids is 1. The fraction of sp³-hybridized carbons (Fsp3) is 0.333. The number of nitrogens with two attached hydrogens (primary N) is 1. The first-order chi connectivity index (χ1) is 8.45. The van der Waals surface area contributed by atoms with E-state index < -0.39 is 5.82 Å². The maximum absolute atomic E-state index is 13.4. The Balaban J connectivity index is 2.93. The van der Waals surface area contributed by atoms with E-state index in [1.54, 1.807) is 6.07 Å². The monoisotopic (exact) mass is 332 g/mol. The third-order valence-corrected chi connectivity index (χ3v) is 3.07. The average Bonchev–Trinajstić information content (AvgIpc) is 2.31. The summed E-state index contributed by atoms with van der Waals surface area (Å²) >= 11 is 7.85. The van der Waals surface area contributed by atoms with Crippen molar-refractivity contribution in [2.45, 2.75) is 13.3 Å². The summed E-state index contributed by atoms with van der Waals surface area (Å²) in [6.07, 6.45) is 0.785. The van der Waals surface area contributed by atoms with Crippen LogP contribution in [0.1, 0.15) is 23.7 Å². The molecule has 1 aromatic carbocycles. The molecular weight excluding hydrogens is 319 g/mol. The Hall–Kier alpha value is -1.01. The molecule has 0 fully saturated rings. The van der Waals surface area contributed by atoms with Gasteiger partial charge in [0.25, 0.3) is 5.91 Å². The zero-order chi connectivity index (χ0) is 13.7. The van der Waals surface area contributed by atoms with Gasteiger partial charge in [0.1, 0.15) is 5.82 Å². The maximum atomic E-state index is 13.4. The Morgan fingerprint density at radius 2 is 2.22 bits per heavy atom. The number of carbonyl (C=O) groups is 1. The van der Waals surface area contributed by atoms with Gasteiger partial charge in [0.15, 0.2) is 0 Å². The lowest BCUT2D eigenvalue weighted by Crippen LogP contribution is -2.38. The molecule has 1 aromatic rings.